The van der Waals surface area contributed by atoms with Gasteiger partial charge in [-0.1, -0.05) is 46.0 Å². The Hall–Kier alpha value is -1.96. The predicted octanol–water partition coefficient (Wildman–Crippen LogP) is 5.64. The highest BCUT2D eigenvalue weighted by atomic mass is 35.5. The Morgan fingerprint density at radius 3 is 2.29 bits per heavy atom. The molecule has 1 atom stereocenters. The topological polar surface area (TPSA) is 64.7 Å². The molecule has 0 radical (unpaired) electrons. The number of carbonyl (C=O) groups excluding carboxylic acids is 1. The van der Waals surface area contributed by atoms with Gasteiger partial charge in [0, 0.05) is 17.5 Å². The van der Waals surface area contributed by atoms with Gasteiger partial charge in [0.25, 0.3) is 5.60 Å². The monoisotopic (exact) mass is 450 g/mol. The van der Waals surface area contributed by atoms with Crippen LogP contribution in [0.3, 0.4) is 0 Å². The number of aryl methyl sites for hydroxylation is 1. The molecule has 1 aliphatic rings. The second-order valence-corrected chi connectivity index (χ2v) is 7.47. The molecule has 2 N–H and O–H groups in total. The number of halogens is 6. The number of nitrogens with two attached hydrogens (primary N) is 1. The maximum absolute atomic E-state index is 14.0. The first-order valence-electron chi connectivity index (χ1n) is 7.84. The molecule has 0 aromatic heterocycles. The molecule has 4 nitrogen and oxygen atoms in total. The van der Waals surface area contributed by atoms with Gasteiger partial charge < -0.3 is 10.6 Å². The highest BCUT2D eigenvalue weighted by molar-refractivity contribution is 6.48. The van der Waals surface area contributed by atoms with E-state index in [1.807, 2.05) is 0 Å². The van der Waals surface area contributed by atoms with Crippen LogP contribution in [0.4, 0.5) is 13.2 Å². The zero-order valence-electron chi connectivity index (χ0n) is 14.2. The van der Waals surface area contributed by atoms with Crippen LogP contribution >= 0.6 is 34.8 Å². The van der Waals surface area contributed by atoms with Crippen molar-refractivity contribution in [2.75, 3.05) is 0 Å². The SMILES string of the molecule is Cc1cc(C2=NO[C@@](c3cc(Cl)c(Cl)c(Cl)c3)(C(F)(F)F)C2)ccc1C(N)=O. The molecule has 2 aromatic rings. The first-order valence-corrected chi connectivity index (χ1v) is 8.97. The highest BCUT2D eigenvalue weighted by Gasteiger charge is 2.62. The van der Waals surface area contributed by atoms with Crippen molar-refractivity contribution in [3.05, 3.63) is 67.7 Å². The number of nitrogens with zero attached hydrogens (tertiary/aromatic N) is 1. The first-order chi connectivity index (χ1) is 13.0. The first kappa shape index (κ1) is 20.8. The number of hydrogen-bond donors (Lipinski definition) is 1. The van der Waals surface area contributed by atoms with Gasteiger partial charge in [0.15, 0.2) is 0 Å². The van der Waals surface area contributed by atoms with Crippen LogP contribution in [0.1, 0.15) is 33.5 Å². The number of alkyl halides is 3. The number of hydrogen-bond acceptors (Lipinski definition) is 3. The van der Waals surface area contributed by atoms with Gasteiger partial charge in [-0.25, -0.2) is 0 Å². The fourth-order valence-corrected chi connectivity index (χ4v) is 3.56. The lowest BCUT2D eigenvalue weighted by atomic mass is 9.86. The molecule has 0 spiro atoms. The van der Waals surface area contributed by atoms with Crippen molar-refractivity contribution in [3.63, 3.8) is 0 Å². The summed E-state index contributed by atoms with van der Waals surface area (Å²) in [5, 5.41) is 3.34. The van der Waals surface area contributed by atoms with E-state index in [2.05, 4.69) is 5.16 Å². The fourth-order valence-electron chi connectivity index (χ4n) is 2.97. The highest BCUT2D eigenvalue weighted by Crippen LogP contribution is 2.50. The normalized spacial score (nSPS) is 19.3. The van der Waals surface area contributed by atoms with Gasteiger partial charge in [-0.3, -0.25) is 4.79 Å². The van der Waals surface area contributed by atoms with Gasteiger partial charge in [0.05, 0.1) is 20.8 Å². The van der Waals surface area contributed by atoms with E-state index in [-0.39, 0.29) is 31.9 Å². The largest absolute Gasteiger partial charge is 0.435 e. The zero-order chi connectivity index (χ0) is 20.9. The summed E-state index contributed by atoms with van der Waals surface area (Å²) < 4.78 is 42.1. The van der Waals surface area contributed by atoms with E-state index in [1.165, 1.54) is 18.2 Å². The van der Waals surface area contributed by atoms with E-state index in [0.717, 1.165) is 12.1 Å². The molecule has 10 heteroatoms. The lowest BCUT2D eigenvalue weighted by Gasteiger charge is -2.30. The van der Waals surface area contributed by atoms with Crippen LogP contribution in [-0.2, 0) is 10.4 Å². The van der Waals surface area contributed by atoms with Crippen molar-refractivity contribution in [3.8, 4) is 0 Å². The molecule has 148 valence electrons. The molecule has 1 aliphatic heterocycles. The summed E-state index contributed by atoms with van der Waals surface area (Å²) in [6.07, 6.45) is -5.43. The quantitative estimate of drug-likeness (QED) is 0.614. The molecule has 0 saturated heterocycles. The summed E-state index contributed by atoms with van der Waals surface area (Å²) in [5.74, 6) is -0.635. The van der Waals surface area contributed by atoms with Crippen LogP contribution in [0.5, 0.6) is 0 Å². The van der Waals surface area contributed by atoms with Crippen LogP contribution < -0.4 is 5.73 Å². The molecule has 0 unspecified atom stereocenters. The molecule has 2 aromatic carbocycles. The third-order valence-electron chi connectivity index (χ3n) is 4.46. The van der Waals surface area contributed by atoms with Crippen LogP contribution in [0.2, 0.25) is 15.1 Å². The molecular formula is C18H12Cl3F3N2O2. The van der Waals surface area contributed by atoms with Crippen LogP contribution in [0.25, 0.3) is 0 Å². The van der Waals surface area contributed by atoms with E-state index >= 15 is 0 Å². The Balaban J connectivity index is 2.04. The Morgan fingerprint density at radius 1 is 1.18 bits per heavy atom. The average Bonchev–Trinajstić information content (AvgIpc) is 3.05. The minimum absolute atomic E-state index is 0.0543. The summed E-state index contributed by atoms with van der Waals surface area (Å²) in [6.45, 7) is 1.62. The third kappa shape index (κ3) is 3.43. The molecular weight excluding hydrogens is 440 g/mol. The second kappa shape index (κ2) is 7.13. The van der Waals surface area contributed by atoms with Crippen LogP contribution in [0.15, 0.2) is 35.5 Å². The summed E-state index contributed by atoms with van der Waals surface area (Å²) in [4.78, 5) is 16.3. The fraction of sp³-hybridized carbons (Fsp3) is 0.222. The average molecular weight is 452 g/mol. The molecule has 0 saturated carbocycles. The zero-order valence-corrected chi connectivity index (χ0v) is 16.5. The number of oxime groups is 1. The standard InChI is InChI=1S/C18H12Cl3F3N2O2/c1-8-4-9(2-3-11(8)16(25)27)14-7-17(28-26-14,18(22,23)24)10-5-12(19)15(21)13(20)6-10/h2-6H,7H2,1H3,(H2,25,27)/t17-/m0/s1. The smallest absolute Gasteiger partial charge is 0.374 e. The predicted molar refractivity (Wildman–Crippen MR) is 101 cm³/mol. The van der Waals surface area contributed by atoms with Crippen molar-refractivity contribution in [1.29, 1.82) is 0 Å². The summed E-state index contributed by atoms with van der Waals surface area (Å²) in [7, 11) is 0. The van der Waals surface area contributed by atoms with E-state index in [4.69, 9.17) is 45.4 Å². The molecule has 3 rings (SSSR count). The third-order valence-corrected chi connectivity index (χ3v) is 5.66. The van der Waals surface area contributed by atoms with Gasteiger partial charge >= 0.3 is 6.18 Å². The molecule has 0 aliphatic carbocycles. The minimum atomic E-state index is -4.82. The summed E-state index contributed by atoms with van der Waals surface area (Å²) in [5.41, 5.74) is 3.38. The summed E-state index contributed by atoms with van der Waals surface area (Å²) in [6, 6.07) is 6.53. The van der Waals surface area contributed by atoms with E-state index in [1.54, 1.807) is 6.92 Å². The van der Waals surface area contributed by atoms with Gasteiger partial charge in [0.1, 0.15) is 0 Å². The van der Waals surface area contributed by atoms with Gasteiger partial charge in [-0.2, -0.15) is 13.2 Å². The number of rotatable bonds is 3. The Kier molecular flexibility index (Phi) is 5.29. The number of benzene rings is 2. The maximum Gasteiger partial charge on any atom is 0.435 e. The van der Waals surface area contributed by atoms with Crippen molar-refractivity contribution < 1.29 is 22.8 Å². The van der Waals surface area contributed by atoms with Gasteiger partial charge in [-0.05, 0) is 42.3 Å². The summed E-state index contributed by atoms with van der Waals surface area (Å²) >= 11 is 17.7. The Bertz CT molecular complexity index is 985. The maximum atomic E-state index is 14.0. The molecule has 1 heterocycles. The lowest BCUT2D eigenvalue weighted by Crippen LogP contribution is -2.42. The number of primary amides is 1. The van der Waals surface area contributed by atoms with Crippen molar-refractivity contribution >= 4 is 46.4 Å². The van der Waals surface area contributed by atoms with Gasteiger partial charge in [0.2, 0.25) is 5.91 Å². The molecule has 28 heavy (non-hydrogen) atoms. The van der Waals surface area contributed by atoms with Crippen LogP contribution in [-0.4, -0.2) is 17.8 Å². The van der Waals surface area contributed by atoms with Crippen molar-refractivity contribution in [2.24, 2.45) is 10.9 Å². The molecule has 1 amide bonds. The van der Waals surface area contributed by atoms with E-state index in [0.29, 0.717) is 11.1 Å². The molecule has 0 bridgehead atoms. The minimum Gasteiger partial charge on any atom is -0.374 e. The van der Waals surface area contributed by atoms with Crippen molar-refractivity contribution in [1.82, 2.24) is 0 Å². The van der Waals surface area contributed by atoms with Crippen LogP contribution in [0, 0.1) is 6.92 Å². The lowest BCUT2D eigenvalue weighted by molar-refractivity contribution is -0.275. The molecule has 0 fully saturated rings. The second-order valence-electron chi connectivity index (χ2n) is 6.28. The van der Waals surface area contributed by atoms with Gasteiger partial charge in [-0.15, -0.1) is 0 Å². The van der Waals surface area contributed by atoms with Crippen molar-refractivity contribution in [2.45, 2.75) is 25.1 Å². The number of amides is 1. The van der Waals surface area contributed by atoms with E-state index in [9.17, 15) is 18.0 Å². The number of carbonyl (C=O) groups is 1. The Morgan fingerprint density at radius 2 is 1.79 bits per heavy atom. The Labute approximate surface area is 173 Å². The van der Waals surface area contributed by atoms with E-state index < -0.39 is 24.1 Å².